The third-order valence-electron chi connectivity index (χ3n) is 12.8. The molecule has 4 heterocycles. The van der Waals surface area contributed by atoms with Gasteiger partial charge in [0, 0.05) is 36.2 Å². The van der Waals surface area contributed by atoms with Crippen LogP contribution in [0.15, 0.2) is 18.2 Å². The number of amides is 1. The van der Waals surface area contributed by atoms with Gasteiger partial charge in [-0.15, -0.1) is 0 Å². The molecule has 15 nitrogen and oxygen atoms in total. The fourth-order valence-corrected chi connectivity index (χ4v) is 9.85. The monoisotopic (exact) mass is 777 g/mol. The van der Waals surface area contributed by atoms with E-state index < -0.39 is 119 Å². The Labute approximate surface area is 322 Å². The number of phenols is 2. The van der Waals surface area contributed by atoms with Crippen molar-refractivity contribution in [1.82, 2.24) is 4.90 Å². The van der Waals surface area contributed by atoms with E-state index in [-0.39, 0.29) is 47.1 Å². The third kappa shape index (κ3) is 6.01. The van der Waals surface area contributed by atoms with Gasteiger partial charge in [-0.3, -0.25) is 24.0 Å². The highest BCUT2D eigenvalue weighted by Crippen LogP contribution is 2.55. The van der Waals surface area contributed by atoms with E-state index in [1.54, 1.807) is 11.8 Å². The summed E-state index contributed by atoms with van der Waals surface area (Å²) in [5, 5.41) is 46.8. The highest BCUT2D eigenvalue weighted by molar-refractivity contribution is 6.31. The number of nitrogens with zero attached hydrogens (tertiary/aromatic N) is 1. The van der Waals surface area contributed by atoms with Gasteiger partial charge in [-0.05, 0) is 63.9 Å². The Bertz CT molecular complexity index is 1980. The molecule has 2 bridgehead atoms. The van der Waals surface area contributed by atoms with Crippen molar-refractivity contribution >= 4 is 29.2 Å². The lowest BCUT2D eigenvalue weighted by molar-refractivity contribution is -0.252. The molecule has 2 aromatic rings. The van der Waals surface area contributed by atoms with Crippen molar-refractivity contribution in [1.29, 1.82) is 0 Å². The number of likely N-dealkylation sites (tertiary alicyclic amines) is 1. The van der Waals surface area contributed by atoms with E-state index in [0.717, 1.165) is 19.3 Å². The van der Waals surface area contributed by atoms with Crippen LogP contribution in [0, 0.1) is 17.8 Å². The van der Waals surface area contributed by atoms with Crippen LogP contribution in [0.5, 0.6) is 17.2 Å². The van der Waals surface area contributed by atoms with E-state index in [9.17, 15) is 44.4 Å². The van der Waals surface area contributed by atoms with Crippen LogP contribution in [0.2, 0.25) is 0 Å². The number of ketones is 3. The van der Waals surface area contributed by atoms with Crippen molar-refractivity contribution in [2.75, 3.05) is 26.8 Å². The number of piperidine rings is 1. The summed E-state index contributed by atoms with van der Waals surface area (Å²) < 4.78 is 29.2. The Balaban J connectivity index is 1.14. The molecule has 0 saturated carbocycles. The Morgan fingerprint density at radius 1 is 0.911 bits per heavy atom. The Morgan fingerprint density at radius 3 is 2.30 bits per heavy atom. The van der Waals surface area contributed by atoms with Gasteiger partial charge in [0.15, 0.2) is 24.3 Å². The molecule has 300 valence electrons. The smallest absolute Gasteiger partial charge is 0.312 e. The van der Waals surface area contributed by atoms with Crippen LogP contribution in [-0.4, -0.2) is 112 Å². The van der Waals surface area contributed by atoms with Crippen LogP contribution >= 0.6 is 0 Å². The van der Waals surface area contributed by atoms with Crippen molar-refractivity contribution in [3.63, 3.8) is 0 Å². The summed E-state index contributed by atoms with van der Waals surface area (Å²) in [6.07, 6.45) is -0.916. The molecule has 56 heavy (non-hydrogen) atoms. The maximum Gasteiger partial charge on any atom is 0.312 e. The number of aliphatic hydroxyl groups is 2. The number of methoxy groups -OCH3 is 1. The van der Waals surface area contributed by atoms with Gasteiger partial charge in [0.25, 0.3) is 0 Å². The van der Waals surface area contributed by atoms with Crippen LogP contribution < -0.4 is 4.74 Å². The average Bonchev–Trinajstić information content (AvgIpc) is 3.82. The summed E-state index contributed by atoms with van der Waals surface area (Å²) in [6.45, 7) is 3.70. The molecular formula is C41H47NO14. The zero-order valence-corrected chi connectivity index (χ0v) is 31.5. The molecule has 4 saturated heterocycles. The van der Waals surface area contributed by atoms with Gasteiger partial charge in [0.1, 0.15) is 17.2 Å². The van der Waals surface area contributed by atoms with Crippen LogP contribution in [-0.2, 0) is 38.9 Å². The van der Waals surface area contributed by atoms with Crippen molar-refractivity contribution in [3.05, 3.63) is 51.6 Å². The summed E-state index contributed by atoms with van der Waals surface area (Å²) in [6, 6.07) is 4.32. The minimum atomic E-state index is -2.64. The van der Waals surface area contributed by atoms with E-state index >= 15 is 0 Å². The predicted molar refractivity (Wildman–Crippen MR) is 192 cm³/mol. The van der Waals surface area contributed by atoms with Gasteiger partial charge in [-0.1, -0.05) is 19.1 Å². The lowest BCUT2D eigenvalue weighted by Crippen LogP contribution is -2.48. The first-order valence-electron chi connectivity index (χ1n) is 19.5. The number of esters is 1. The van der Waals surface area contributed by atoms with Gasteiger partial charge in [-0.25, -0.2) is 0 Å². The van der Waals surface area contributed by atoms with Crippen LogP contribution in [0.4, 0.5) is 0 Å². The molecule has 4 N–H and O–H groups in total. The standard InChI is InChI=1S/C41H47NO14/c1-18-16-26(54-19(2)34(18)44)56-24-12-13-41(51,25(43)17-53-40(50)29-23-11-10-22(55-23)28(29)39(49)42-14-5-4-6-15-42)33-30(24)37(47)32-31(38(33)48)35(45)20-8-7-9-21(52-3)27(20)36(32)46/h7-9,18-19,22-24,26,28-29,34,44,47-48,51H,4-6,10-17H2,1-3H3/t18-,19-,22?,23?,24-,26-,28?,29?,34-,41-/m0/s1. The molecule has 4 fully saturated rings. The zero-order valence-electron chi connectivity index (χ0n) is 31.5. The van der Waals surface area contributed by atoms with E-state index in [2.05, 4.69) is 0 Å². The maximum atomic E-state index is 14.2. The molecule has 2 aromatic carbocycles. The molecule has 10 atom stereocenters. The molecule has 1 amide bonds. The van der Waals surface area contributed by atoms with E-state index in [4.69, 9.17) is 23.7 Å². The first-order chi connectivity index (χ1) is 26.8. The molecule has 6 aliphatic rings. The Kier molecular flexibility index (Phi) is 9.97. The van der Waals surface area contributed by atoms with Gasteiger partial charge >= 0.3 is 5.97 Å². The number of phenolic OH excluding ortho intramolecular Hbond substituents is 2. The first kappa shape index (κ1) is 38.5. The minimum absolute atomic E-state index is 0.0577. The number of Topliss-reactive ketones (excluding diaryl/α,β-unsaturated/α-hetero) is 1. The number of rotatable bonds is 8. The Morgan fingerprint density at radius 2 is 1.61 bits per heavy atom. The topological polar surface area (TPSA) is 216 Å². The van der Waals surface area contributed by atoms with Gasteiger partial charge in [0.2, 0.25) is 17.5 Å². The number of fused-ring (bicyclic) bond motifs is 5. The minimum Gasteiger partial charge on any atom is -0.507 e. The lowest BCUT2D eigenvalue weighted by Gasteiger charge is -2.42. The fourth-order valence-electron chi connectivity index (χ4n) is 9.85. The second-order valence-corrected chi connectivity index (χ2v) is 16.0. The quantitative estimate of drug-likeness (QED) is 0.191. The van der Waals surface area contributed by atoms with Crippen LogP contribution in [0.25, 0.3) is 0 Å². The predicted octanol–water partition coefficient (Wildman–Crippen LogP) is 2.97. The lowest BCUT2D eigenvalue weighted by atomic mass is 9.70. The molecule has 4 unspecified atom stereocenters. The summed E-state index contributed by atoms with van der Waals surface area (Å²) in [5.74, 6) is -7.38. The highest BCUT2D eigenvalue weighted by atomic mass is 16.7. The largest absolute Gasteiger partial charge is 0.507 e. The van der Waals surface area contributed by atoms with Crippen LogP contribution in [0.1, 0.15) is 114 Å². The summed E-state index contributed by atoms with van der Waals surface area (Å²) >= 11 is 0. The van der Waals surface area contributed by atoms with Crippen molar-refractivity contribution < 1.29 is 68.1 Å². The SMILES string of the molecule is COc1cccc2c1C(=O)c1c(O)c3c(c(O)c1C2=O)[C@@](O)(C(=O)COC(=O)C1C2CCC(O2)C1C(=O)N1CCCCC1)CC[C@@H]3O[C@H]1C[C@H](C)[C@H](O)[C@H](C)O1. The first-order valence-corrected chi connectivity index (χ1v) is 19.5. The maximum absolute atomic E-state index is 14.2. The molecule has 8 rings (SSSR count). The third-order valence-corrected chi connectivity index (χ3v) is 12.8. The number of benzene rings is 2. The highest BCUT2D eigenvalue weighted by Gasteiger charge is 2.58. The van der Waals surface area contributed by atoms with Gasteiger partial charge < -0.3 is 49.0 Å². The Hall–Kier alpha value is -4.41. The fraction of sp³-hybridized carbons (Fsp3) is 0.585. The number of carbonyl (C=O) groups is 5. The number of carbonyl (C=O) groups excluding carboxylic acids is 5. The molecule has 2 aliphatic carbocycles. The number of hydrogen-bond donors (Lipinski definition) is 4. The molecular weight excluding hydrogens is 730 g/mol. The van der Waals surface area contributed by atoms with E-state index in [0.29, 0.717) is 25.9 Å². The van der Waals surface area contributed by atoms with Crippen molar-refractivity contribution in [2.24, 2.45) is 17.8 Å². The van der Waals surface area contributed by atoms with Gasteiger partial charge in [0.05, 0.1) is 66.2 Å². The van der Waals surface area contributed by atoms with Gasteiger partial charge in [-0.2, -0.15) is 0 Å². The number of hydrogen-bond acceptors (Lipinski definition) is 14. The summed E-state index contributed by atoms with van der Waals surface area (Å²) in [4.78, 5) is 71.5. The number of aromatic hydroxyl groups is 2. The van der Waals surface area contributed by atoms with E-state index in [1.165, 1.54) is 25.3 Å². The van der Waals surface area contributed by atoms with E-state index in [1.807, 2.05) is 6.92 Å². The molecule has 0 radical (unpaired) electrons. The number of aliphatic hydroxyl groups excluding tert-OH is 1. The van der Waals surface area contributed by atoms with Crippen LogP contribution in [0.3, 0.4) is 0 Å². The molecule has 0 spiro atoms. The normalized spacial score (nSPS) is 33.4. The van der Waals surface area contributed by atoms with Crippen molar-refractivity contribution in [3.8, 4) is 17.2 Å². The molecule has 0 aromatic heterocycles. The second kappa shape index (κ2) is 14.5. The van der Waals surface area contributed by atoms with Crippen molar-refractivity contribution in [2.45, 2.75) is 108 Å². The summed E-state index contributed by atoms with van der Waals surface area (Å²) in [5.41, 5.74) is -4.93. The zero-order chi connectivity index (χ0) is 39.8. The number of ether oxygens (including phenoxy) is 5. The molecule has 4 aliphatic heterocycles. The average molecular weight is 778 g/mol. The molecule has 15 heteroatoms. The summed E-state index contributed by atoms with van der Waals surface area (Å²) in [7, 11) is 1.32. The second-order valence-electron chi connectivity index (χ2n) is 16.0.